The first-order valence-corrected chi connectivity index (χ1v) is 8.33. The fourth-order valence-corrected chi connectivity index (χ4v) is 3.50. The molecule has 0 bridgehead atoms. The summed E-state index contributed by atoms with van der Waals surface area (Å²) in [7, 11) is 2.99. The molecule has 2 aromatic heterocycles. The van der Waals surface area contributed by atoms with Crippen LogP contribution in [-0.2, 0) is 14.1 Å². The summed E-state index contributed by atoms with van der Waals surface area (Å²) in [6.45, 7) is 2.58. The molecule has 2 heterocycles. The van der Waals surface area contributed by atoms with Gasteiger partial charge in [0.05, 0.1) is 5.39 Å². The summed E-state index contributed by atoms with van der Waals surface area (Å²) in [4.78, 5) is 43.3. The van der Waals surface area contributed by atoms with Gasteiger partial charge in [0, 0.05) is 26.7 Å². The lowest BCUT2D eigenvalue weighted by Crippen LogP contribution is -2.40. The summed E-state index contributed by atoms with van der Waals surface area (Å²) in [5.41, 5.74) is -0.327. The number of rotatable bonds is 3. The minimum Gasteiger partial charge on any atom is -0.335 e. The van der Waals surface area contributed by atoms with Crippen molar-refractivity contribution in [1.82, 2.24) is 19.0 Å². The molecule has 0 unspecified atom stereocenters. The zero-order valence-electron chi connectivity index (χ0n) is 14.3. The van der Waals surface area contributed by atoms with Gasteiger partial charge in [0.2, 0.25) is 0 Å². The zero-order chi connectivity index (χ0) is 17.4. The van der Waals surface area contributed by atoms with E-state index in [0.717, 1.165) is 30.3 Å². The van der Waals surface area contributed by atoms with Crippen molar-refractivity contribution in [3.63, 3.8) is 0 Å². The van der Waals surface area contributed by atoms with Gasteiger partial charge in [-0.25, -0.2) is 9.78 Å². The Kier molecular flexibility index (Phi) is 4.26. The first kappa shape index (κ1) is 16.4. The molecule has 2 aromatic rings. The number of nitrogens with zero attached hydrogens (tertiary/aromatic N) is 4. The second-order valence-electron chi connectivity index (χ2n) is 6.30. The van der Waals surface area contributed by atoms with E-state index in [1.807, 2.05) is 11.8 Å². The summed E-state index contributed by atoms with van der Waals surface area (Å²) in [5, 5.41) is 0.333. The minimum atomic E-state index is -0.451. The first-order chi connectivity index (χ1) is 11.5. The van der Waals surface area contributed by atoms with E-state index < -0.39 is 11.2 Å². The molecule has 1 amide bonds. The van der Waals surface area contributed by atoms with Crippen LogP contribution in [0.3, 0.4) is 0 Å². The Morgan fingerprint density at radius 3 is 2.50 bits per heavy atom. The van der Waals surface area contributed by atoms with Gasteiger partial charge < -0.3 is 4.90 Å². The van der Waals surface area contributed by atoms with Gasteiger partial charge >= 0.3 is 5.69 Å². The second kappa shape index (κ2) is 6.22. The highest BCUT2D eigenvalue weighted by Gasteiger charge is 2.27. The van der Waals surface area contributed by atoms with Crippen molar-refractivity contribution in [2.24, 2.45) is 14.1 Å². The number of aromatic nitrogens is 3. The van der Waals surface area contributed by atoms with E-state index in [2.05, 4.69) is 4.98 Å². The van der Waals surface area contributed by atoms with E-state index in [4.69, 9.17) is 0 Å². The van der Waals surface area contributed by atoms with Gasteiger partial charge in [-0.2, -0.15) is 0 Å². The molecule has 7 heteroatoms. The van der Waals surface area contributed by atoms with Crippen LogP contribution in [0, 0.1) is 0 Å². The molecule has 3 rings (SSSR count). The number of aryl methyl sites for hydroxylation is 1. The van der Waals surface area contributed by atoms with Crippen LogP contribution in [0.2, 0.25) is 0 Å². The van der Waals surface area contributed by atoms with Gasteiger partial charge in [-0.05, 0) is 31.9 Å². The highest BCUT2D eigenvalue weighted by molar-refractivity contribution is 5.94. The number of hydrogen-bond donors (Lipinski definition) is 0. The lowest BCUT2D eigenvalue weighted by Gasteiger charge is -2.27. The van der Waals surface area contributed by atoms with Crippen molar-refractivity contribution in [1.29, 1.82) is 0 Å². The molecule has 0 aromatic carbocycles. The van der Waals surface area contributed by atoms with E-state index in [-0.39, 0.29) is 23.3 Å². The van der Waals surface area contributed by atoms with Gasteiger partial charge in [-0.3, -0.25) is 18.7 Å². The van der Waals surface area contributed by atoms with E-state index >= 15 is 0 Å². The number of amides is 1. The molecule has 0 radical (unpaired) electrons. The summed E-state index contributed by atoms with van der Waals surface area (Å²) >= 11 is 0. The minimum absolute atomic E-state index is 0.139. The molecule has 1 aliphatic carbocycles. The number of hydrogen-bond acceptors (Lipinski definition) is 4. The maximum atomic E-state index is 12.8. The van der Waals surface area contributed by atoms with Crippen LogP contribution in [0.15, 0.2) is 21.7 Å². The van der Waals surface area contributed by atoms with Crippen LogP contribution in [0.5, 0.6) is 0 Å². The number of pyridine rings is 1. The molecule has 24 heavy (non-hydrogen) atoms. The quantitative estimate of drug-likeness (QED) is 0.842. The normalized spacial score (nSPS) is 15.1. The summed E-state index contributed by atoms with van der Waals surface area (Å²) in [6, 6.07) is 3.42. The third-order valence-electron chi connectivity index (χ3n) is 4.89. The molecule has 1 saturated carbocycles. The van der Waals surface area contributed by atoms with Crippen LogP contribution < -0.4 is 11.2 Å². The van der Waals surface area contributed by atoms with Crippen molar-refractivity contribution in [2.45, 2.75) is 38.6 Å². The van der Waals surface area contributed by atoms with Crippen molar-refractivity contribution in [2.75, 3.05) is 6.54 Å². The molecule has 7 nitrogen and oxygen atoms in total. The number of fused-ring (bicyclic) bond motifs is 1. The molecule has 0 aliphatic heterocycles. The molecule has 1 aliphatic rings. The standard InChI is InChI=1S/C17H22N4O3/c1-4-21(11-7-5-6-8-11)16(23)13-10-9-12-14(18-13)19(2)17(24)20(3)15(12)22/h9-11H,4-8H2,1-3H3. The Hall–Kier alpha value is -2.44. The van der Waals surface area contributed by atoms with Crippen LogP contribution >= 0.6 is 0 Å². The predicted octanol–water partition coefficient (Wildman–Crippen LogP) is 1.04. The fourth-order valence-electron chi connectivity index (χ4n) is 3.50. The lowest BCUT2D eigenvalue weighted by atomic mass is 10.2. The molecular weight excluding hydrogens is 308 g/mol. The monoisotopic (exact) mass is 330 g/mol. The summed E-state index contributed by atoms with van der Waals surface area (Å²) in [5.74, 6) is -0.139. The summed E-state index contributed by atoms with van der Waals surface area (Å²) in [6.07, 6.45) is 4.33. The Balaban J connectivity index is 2.09. The Morgan fingerprint density at radius 2 is 1.88 bits per heavy atom. The lowest BCUT2D eigenvalue weighted by molar-refractivity contribution is 0.0688. The smallest absolute Gasteiger partial charge is 0.332 e. The molecule has 0 atom stereocenters. The van der Waals surface area contributed by atoms with Crippen molar-refractivity contribution in [3.8, 4) is 0 Å². The van der Waals surface area contributed by atoms with E-state index in [1.165, 1.54) is 11.6 Å². The Bertz CT molecular complexity index is 906. The third-order valence-corrected chi connectivity index (χ3v) is 4.89. The Labute approximate surface area is 139 Å². The van der Waals surface area contributed by atoms with Gasteiger partial charge in [0.15, 0.2) is 0 Å². The van der Waals surface area contributed by atoms with Crippen LogP contribution in [0.4, 0.5) is 0 Å². The Morgan fingerprint density at radius 1 is 1.21 bits per heavy atom. The second-order valence-corrected chi connectivity index (χ2v) is 6.30. The van der Waals surface area contributed by atoms with Gasteiger partial charge in [-0.15, -0.1) is 0 Å². The van der Waals surface area contributed by atoms with Crippen molar-refractivity contribution >= 4 is 16.9 Å². The van der Waals surface area contributed by atoms with Crippen LogP contribution in [0.25, 0.3) is 11.0 Å². The number of carbonyl (C=O) groups excluding carboxylic acids is 1. The highest BCUT2D eigenvalue weighted by atomic mass is 16.2. The average Bonchev–Trinajstić information content (AvgIpc) is 3.12. The molecule has 0 spiro atoms. The summed E-state index contributed by atoms with van der Waals surface area (Å²) < 4.78 is 2.35. The third kappa shape index (κ3) is 2.53. The molecule has 0 saturated heterocycles. The van der Waals surface area contributed by atoms with Gasteiger partial charge in [-0.1, -0.05) is 12.8 Å². The van der Waals surface area contributed by atoms with Gasteiger partial charge in [0.1, 0.15) is 11.3 Å². The molecule has 0 N–H and O–H groups in total. The number of carbonyl (C=O) groups is 1. The topological polar surface area (TPSA) is 77.2 Å². The molecule has 128 valence electrons. The van der Waals surface area contributed by atoms with E-state index in [9.17, 15) is 14.4 Å². The van der Waals surface area contributed by atoms with E-state index in [0.29, 0.717) is 11.9 Å². The fraction of sp³-hybridized carbons (Fsp3) is 0.529. The average molecular weight is 330 g/mol. The van der Waals surface area contributed by atoms with Gasteiger partial charge in [0.25, 0.3) is 11.5 Å². The first-order valence-electron chi connectivity index (χ1n) is 8.33. The highest BCUT2D eigenvalue weighted by Crippen LogP contribution is 2.24. The van der Waals surface area contributed by atoms with Crippen LogP contribution in [0.1, 0.15) is 43.1 Å². The maximum absolute atomic E-state index is 12.8. The maximum Gasteiger partial charge on any atom is 0.332 e. The SMILES string of the molecule is CCN(C(=O)c1ccc2c(=O)n(C)c(=O)n(C)c2n1)C1CCCC1. The zero-order valence-corrected chi connectivity index (χ0v) is 14.3. The van der Waals surface area contributed by atoms with Crippen LogP contribution in [-0.4, -0.2) is 37.5 Å². The van der Waals surface area contributed by atoms with Crippen molar-refractivity contribution < 1.29 is 4.79 Å². The van der Waals surface area contributed by atoms with Crippen molar-refractivity contribution in [3.05, 3.63) is 38.7 Å². The molecular formula is C17H22N4O3. The van der Waals surface area contributed by atoms with E-state index in [1.54, 1.807) is 19.2 Å². The predicted molar refractivity (Wildman–Crippen MR) is 91.2 cm³/mol. The largest absolute Gasteiger partial charge is 0.335 e. The molecule has 1 fully saturated rings.